The van der Waals surface area contributed by atoms with E-state index >= 15 is 0 Å². The summed E-state index contributed by atoms with van der Waals surface area (Å²) in [5.74, 6) is 0.00724. The van der Waals surface area contributed by atoms with Gasteiger partial charge in [-0.05, 0) is 32.5 Å². The summed E-state index contributed by atoms with van der Waals surface area (Å²) in [7, 11) is 1.73. The van der Waals surface area contributed by atoms with Gasteiger partial charge in [-0.1, -0.05) is 24.6 Å². The van der Waals surface area contributed by atoms with Crippen LogP contribution in [0.25, 0.3) is 11.5 Å². The molecule has 1 aromatic carbocycles. The van der Waals surface area contributed by atoms with Crippen molar-refractivity contribution in [2.45, 2.75) is 32.9 Å². The maximum absolute atomic E-state index is 11.1. The van der Waals surface area contributed by atoms with Crippen LogP contribution in [-0.4, -0.2) is 39.3 Å². The molecular weight excluding hydrogens is 270 g/mol. The molecule has 0 aliphatic heterocycles. The Bertz CT molecular complexity index is 607. The van der Waals surface area contributed by atoms with Crippen molar-refractivity contribution in [3.05, 3.63) is 35.7 Å². The van der Waals surface area contributed by atoms with Crippen molar-refractivity contribution in [3.63, 3.8) is 0 Å². The van der Waals surface area contributed by atoms with Gasteiger partial charge in [-0.3, -0.25) is 9.69 Å². The molecule has 2 rings (SSSR count). The standard InChI is InChI=1S/C15H19N3O3/c1-4-12(15(19)20)18(3)9-13-16-17-14(21-13)11-7-5-10(2)6-8-11/h5-8,12H,4,9H2,1-3H3,(H,19,20). The van der Waals surface area contributed by atoms with Gasteiger partial charge in [-0.2, -0.15) is 0 Å². The zero-order valence-corrected chi connectivity index (χ0v) is 12.4. The lowest BCUT2D eigenvalue weighted by molar-refractivity contribution is -0.143. The Morgan fingerprint density at radius 2 is 2.00 bits per heavy atom. The number of rotatable bonds is 6. The van der Waals surface area contributed by atoms with Gasteiger partial charge in [-0.15, -0.1) is 10.2 Å². The van der Waals surface area contributed by atoms with E-state index in [-0.39, 0.29) is 0 Å². The molecular formula is C15H19N3O3. The number of nitrogens with zero attached hydrogens (tertiary/aromatic N) is 3. The molecule has 21 heavy (non-hydrogen) atoms. The molecule has 1 atom stereocenters. The molecule has 0 bridgehead atoms. The van der Waals surface area contributed by atoms with E-state index in [2.05, 4.69) is 10.2 Å². The Kier molecular flexibility index (Phi) is 4.70. The van der Waals surface area contributed by atoms with Crippen LogP contribution >= 0.6 is 0 Å². The second-order valence-electron chi connectivity index (χ2n) is 5.04. The second-order valence-corrected chi connectivity index (χ2v) is 5.04. The number of likely N-dealkylation sites (N-methyl/N-ethyl adjacent to an activating group) is 1. The first-order valence-electron chi connectivity index (χ1n) is 6.83. The first-order valence-corrected chi connectivity index (χ1v) is 6.83. The Hall–Kier alpha value is -2.21. The summed E-state index contributed by atoms with van der Waals surface area (Å²) >= 11 is 0. The van der Waals surface area contributed by atoms with Crippen molar-refractivity contribution in [2.24, 2.45) is 0 Å². The van der Waals surface area contributed by atoms with E-state index in [1.165, 1.54) is 0 Å². The van der Waals surface area contributed by atoms with Crippen LogP contribution in [0, 0.1) is 6.92 Å². The SMILES string of the molecule is CCC(C(=O)O)N(C)Cc1nnc(-c2ccc(C)cc2)o1. The van der Waals surface area contributed by atoms with Crippen LogP contribution in [0.3, 0.4) is 0 Å². The van der Waals surface area contributed by atoms with E-state index in [1.54, 1.807) is 11.9 Å². The van der Waals surface area contributed by atoms with Crippen molar-refractivity contribution in [1.29, 1.82) is 0 Å². The largest absolute Gasteiger partial charge is 0.480 e. The van der Waals surface area contributed by atoms with E-state index in [1.807, 2.05) is 38.1 Å². The summed E-state index contributed by atoms with van der Waals surface area (Å²) in [4.78, 5) is 12.8. The quantitative estimate of drug-likeness (QED) is 0.879. The first kappa shape index (κ1) is 15.2. The van der Waals surface area contributed by atoms with Crippen molar-refractivity contribution in [1.82, 2.24) is 15.1 Å². The molecule has 1 unspecified atom stereocenters. The highest BCUT2D eigenvalue weighted by atomic mass is 16.4. The maximum Gasteiger partial charge on any atom is 0.320 e. The monoisotopic (exact) mass is 289 g/mol. The number of carboxylic acids is 1. The zero-order valence-electron chi connectivity index (χ0n) is 12.4. The normalized spacial score (nSPS) is 12.6. The van der Waals surface area contributed by atoms with Gasteiger partial charge in [0.05, 0.1) is 6.54 Å². The third kappa shape index (κ3) is 3.66. The van der Waals surface area contributed by atoms with Crippen LogP contribution in [-0.2, 0) is 11.3 Å². The number of hydrogen-bond acceptors (Lipinski definition) is 5. The number of carbonyl (C=O) groups is 1. The van der Waals surface area contributed by atoms with Gasteiger partial charge < -0.3 is 9.52 Å². The van der Waals surface area contributed by atoms with Crippen LogP contribution in [0.2, 0.25) is 0 Å². The highest BCUT2D eigenvalue weighted by Gasteiger charge is 2.22. The molecule has 0 amide bonds. The number of benzene rings is 1. The van der Waals surface area contributed by atoms with Crippen molar-refractivity contribution in [3.8, 4) is 11.5 Å². The summed E-state index contributed by atoms with van der Waals surface area (Å²) in [6, 6.07) is 7.23. The van der Waals surface area contributed by atoms with E-state index < -0.39 is 12.0 Å². The fraction of sp³-hybridized carbons (Fsp3) is 0.400. The average Bonchev–Trinajstić information content (AvgIpc) is 2.88. The zero-order chi connectivity index (χ0) is 15.4. The Morgan fingerprint density at radius 3 is 2.57 bits per heavy atom. The van der Waals surface area contributed by atoms with Gasteiger partial charge in [0.2, 0.25) is 11.8 Å². The minimum absolute atomic E-state index is 0.309. The van der Waals surface area contributed by atoms with Crippen LogP contribution in [0.1, 0.15) is 24.8 Å². The van der Waals surface area contributed by atoms with Gasteiger partial charge in [0.1, 0.15) is 6.04 Å². The minimum Gasteiger partial charge on any atom is -0.480 e. The number of hydrogen-bond donors (Lipinski definition) is 1. The molecule has 2 aromatic rings. The Morgan fingerprint density at radius 1 is 1.33 bits per heavy atom. The van der Waals surface area contributed by atoms with Gasteiger partial charge in [0.15, 0.2) is 0 Å². The number of aryl methyl sites for hydroxylation is 1. The maximum atomic E-state index is 11.1. The van der Waals surface area contributed by atoms with Crippen LogP contribution in [0.15, 0.2) is 28.7 Å². The van der Waals surface area contributed by atoms with Crippen molar-refractivity contribution in [2.75, 3.05) is 7.05 Å². The Labute approximate surface area is 123 Å². The van der Waals surface area contributed by atoms with E-state index in [4.69, 9.17) is 9.52 Å². The van der Waals surface area contributed by atoms with E-state index in [0.717, 1.165) is 11.1 Å². The lowest BCUT2D eigenvalue weighted by atomic mass is 10.1. The van der Waals surface area contributed by atoms with Crippen LogP contribution < -0.4 is 0 Å². The third-order valence-electron chi connectivity index (χ3n) is 3.35. The highest BCUT2D eigenvalue weighted by Crippen LogP contribution is 2.19. The highest BCUT2D eigenvalue weighted by molar-refractivity contribution is 5.73. The van der Waals surface area contributed by atoms with Crippen LogP contribution in [0.4, 0.5) is 0 Å². The predicted octanol–water partition coefficient (Wildman–Crippen LogP) is 2.34. The fourth-order valence-electron chi connectivity index (χ4n) is 2.13. The average molecular weight is 289 g/mol. The molecule has 112 valence electrons. The number of carboxylic acid groups (broad SMARTS) is 1. The van der Waals surface area contributed by atoms with Crippen molar-refractivity contribution >= 4 is 5.97 Å². The summed E-state index contributed by atoms with van der Waals surface area (Å²) in [6.45, 7) is 4.15. The number of aliphatic carboxylic acids is 1. The van der Waals surface area contributed by atoms with E-state index in [9.17, 15) is 4.79 Å². The Balaban J connectivity index is 2.09. The van der Waals surface area contributed by atoms with Crippen LogP contribution in [0.5, 0.6) is 0 Å². The molecule has 1 aromatic heterocycles. The third-order valence-corrected chi connectivity index (χ3v) is 3.35. The molecule has 6 nitrogen and oxygen atoms in total. The topological polar surface area (TPSA) is 79.5 Å². The second kappa shape index (κ2) is 6.49. The smallest absolute Gasteiger partial charge is 0.320 e. The summed E-state index contributed by atoms with van der Waals surface area (Å²) in [5, 5.41) is 17.1. The van der Waals surface area contributed by atoms with E-state index in [0.29, 0.717) is 24.7 Å². The molecule has 6 heteroatoms. The number of aromatic nitrogens is 2. The molecule has 0 fully saturated rings. The summed E-state index contributed by atoms with van der Waals surface area (Å²) in [6.07, 6.45) is 0.519. The molecule has 1 heterocycles. The van der Waals surface area contributed by atoms with Crippen molar-refractivity contribution < 1.29 is 14.3 Å². The van der Waals surface area contributed by atoms with Gasteiger partial charge in [-0.25, -0.2) is 0 Å². The fourth-order valence-corrected chi connectivity index (χ4v) is 2.13. The minimum atomic E-state index is -0.849. The molecule has 0 saturated heterocycles. The van der Waals surface area contributed by atoms with Gasteiger partial charge in [0.25, 0.3) is 0 Å². The molecule has 0 aliphatic rings. The predicted molar refractivity (Wildman–Crippen MR) is 77.7 cm³/mol. The van der Waals surface area contributed by atoms with Gasteiger partial charge in [0, 0.05) is 5.56 Å². The lowest BCUT2D eigenvalue weighted by Gasteiger charge is -2.21. The molecule has 0 spiro atoms. The molecule has 0 aliphatic carbocycles. The molecule has 0 radical (unpaired) electrons. The summed E-state index contributed by atoms with van der Waals surface area (Å²) < 4.78 is 5.60. The molecule has 0 saturated carbocycles. The first-order chi connectivity index (χ1) is 10.0. The summed E-state index contributed by atoms with van der Waals surface area (Å²) in [5.41, 5.74) is 2.01. The van der Waals surface area contributed by atoms with Gasteiger partial charge >= 0.3 is 5.97 Å². The molecule has 1 N–H and O–H groups in total. The lowest BCUT2D eigenvalue weighted by Crippen LogP contribution is -2.37.